The average Bonchev–Trinajstić information content (AvgIpc) is 2.67. The van der Waals surface area contributed by atoms with Crippen LogP contribution in [-0.2, 0) is 0 Å². The lowest BCUT2D eigenvalue weighted by molar-refractivity contribution is 0.498. The van der Waals surface area contributed by atoms with Crippen LogP contribution in [0.5, 0.6) is 0 Å². The normalized spacial score (nSPS) is 17.0. The van der Waals surface area contributed by atoms with Gasteiger partial charge in [0.15, 0.2) is 5.11 Å². The Morgan fingerprint density at radius 1 is 1.27 bits per heavy atom. The maximum absolute atomic E-state index is 5.19. The Kier molecular flexibility index (Phi) is 5.99. The summed E-state index contributed by atoms with van der Waals surface area (Å²) in [4.78, 5) is 0. The molecule has 0 spiro atoms. The molecule has 0 radical (unpaired) electrons. The summed E-state index contributed by atoms with van der Waals surface area (Å²) in [7, 11) is 0. The quantitative estimate of drug-likeness (QED) is 0.708. The van der Waals surface area contributed by atoms with Crippen molar-refractivity contribution < 1.29 is 0 Å². The SMILES string of the molecule is CC(C)CNC(=S)NCCC1CCCC1. The van der Waals surface area contributed by atoms with Crippen LogP contribution in [0.15, 0.2) is 0 Å². The van der Waals surface area contributed by atoms with E-state index in [-0.39, 0.29) is 0 Å². The largest absolute Gasteiger partial charge is 0.363 e. The van der Waals surface area contributed by atoms with E-state index < -0.39 is 0 Å². The lowest BCUT2D eigenvalue weighted by Gasteiger charge is -2.13. The molecule has 1 fully saturated rings. The van der Waals surface area contributed by atoms with Crippen molar-refractivity contribution in [2.24, 2.45) is 11.8 Å². The third-order valence-corrected chi connectivity index (χ3v) is 3.27. The van der Waals surface area contributed by atoms with Crippen LogP contribution in [0.2, 0.25) is 0 Å². The van der Waals surface area contributed by atoms with Gasteiger partial charge in [-0.05, 0) is 30.5 Å². The fraction of sp³-hybridized carbons (Fsp3) is 0.917. The van der Waals surface area contributed by atoms with Gasteiger partial charge in [0.2, 0.25) is 0 Å². The maximum Gasteiger partial charge on any atom is 0.166 e. The summed E-state index contributed by atoms with van der Waals surface area (Å²) in [6.45, 7) is 6.38. The molecule has 0 amide bonds. The van der Waals surface area contributed by atoms with Gasteiger partial charge in [0.25, 0.3) is 0 Å². The monoisotopic (exact) mass is 228 g/mol. The van der Waals surface area contributed by atoms with Gasteiger partial charge >= 0.3 is 0 Å². The van der Waals surface area contributed by atoms with Gasteiger partial charge in [-0.1, -0.05) is 39.5 Å². The molecule has 1 rings (SSSR count). The van der Waals surface area contributed by atoms with Crippen molar-refractivity contribution in [2.75, 3.05) is 13.1 Å². The lowest BCUT2D eigenvalue weighted by Crippen LogP contribution is -2.38. The van der Waals surface area contributed by atoms with Gasteiger partial charge in [-0.15, -0.1) is 0 Å². The molecule has 0 saturated heterocycles. The van der Waals surface area contributed by atoms with E-state index in [9.17, 15) is 0 Å². The van der Waals surface area contributed by atoms with Crippen molar-refractivity contribution in [2.45, 2.75) is 46.0 Å². The maximum atomic E-state index is 5.19. The molecule has 2 N–H and O–H groups in total. The van der Waals surface area contributed by atoms with Gasteiger partial charge in [-0.3, -0.25) is 0 Å². The predicted molar refractivity (Wildman–Crippen MR) is 70.0 cm³/mol. The van der Waals surface area contributed by atoms with Gasteiger partial charge in [0, 0.05) is 13.1 Å². The van der Waals surface area contributed by atoms with E-state index in [1.165, 1.54) is 32.1 Å². The highest BCUT2D eigenvalue weighted by Gasteiger charge is 2.14. The lowest BCUT2D eigenvalue weighted by atomic mass is 10.0. The molecule has 0 atom stereocenters. The van der Waals surface area contributed by atoms with Crippen LogP contribution in [0.3, 0.4) is 0 Å². The molecule has 0 aromatic carbocycles. The van der Waals surface area contributed by atoms with Crippen molar-refractivity contribution in [1.29, 1.82) is 0 Å². The second-order valence-electron chi connectivity index (χ2n) is 4.97. The van der Waals surface area contributed by atoms with E-state index >= 15 is 0 Å². The van der Waals surface area contributed by atoms with Crippen LogP contribution in [0, 0.1) is 11.8 Å². The number of nitrogens with one attached hydrogen (secondary N) is 2. The van der Waals surface area contributed by atoms with E-state index in [4.69, 9.17) is 12.2 Å². The van der Waals surface area contributed by atoms with Crippen molar-refractivity contribution in [1.82, 2.24) is 10.6 Å². The molecule has 1 saturated carbocycles. The van der Waals surface area contributed by atoms with E-state index in [1.807, 2.05) is 0 Å². The minimum atomic E-state index is 0.652. The summed E-state index contributed by atoms with van der Waals surface area (Å²) in [5.41, 5.74) is 0. The standard InChI is InChI=1S/C12H24N2S/c1-10(2)9-14-12(15)13-8-7-11-5-3-4-6-11/h10-11H,3-9H2,1-2H3,(H2,13,14,15). The first-order chi connectivity index (χ1) is 7.18. The van der Waals surface area contributed by atoms with Crippen molar-refractivity contribution in [3.05, 3.63) is 0 Å². The summed E-state index contributed by atoms with van der Waals surface area (Å²) in [5.74, 6) is 1.60. The molecular weight excluding hydrogens is 204 g/mol. The van der Waals surface area contributed by atoms with Gasteiger partial charge < -0.3 is 10.6 Å². The Bertz CT molecular complexity index is 186. The summed E-state index contributed by atoms with van der Waals surface area (Å²) in [5, 5.41) is 7.33. The summed E-state index contributed by atoms with van der Waals surface area (Å²) in [6, 6.07) is 0. The molecular formula is C12H24N2S. The summed E-state index contributed by atoms with van der Waals surface area (Å²) < 4.78 is 0. The van der Waals surface area contributed by atoms with Gasteiger partial charge in [-0.25, -0.2) is 0 Å². The van der Waals surface area contributed by atoms with Crippen LogP contribution in [0.1, 0.15) is 46.0 Å². The number of hydrogen-bond acceptors (Lipinski definition) is 1. The molecule has 0 aromatic rings. The van der Waals surface area contributed by atoms with Crippen LogP contribution in [0.25, 0.3) is 0 Å². The van der Waals surface area contributed by atoms with Crippen molar-refractivity contribution >= 4 is 17.3 Å². The second kappa shape index (κ2) is 7.04. The molecule has 0 unspecified atom stereocenters. The summed E-state index contributed by atoms with van der Waals surface area (Å²) >= 11 is 5.19. The van der Waals surface area contributed by atoms with E-state index in [0.29, 0.717) is 5.92 Å². The van der Waals surface area contributed by atoms with E-state index in [0.717, 1.165) is 24.1 Å². The Morgan fingerprint density at radius 3 is 2.53 bits per heavy atom. The number of thiocarbonyl (C=S) groups is 1. The topological polar surface area (TPSA) is 24.1 Å². The predicted octanol–water partition coefficient (Wildman–Crippen LogP) is 2.69. The Labute approximate surface area is 99.2 Å². The van der Waals surface area contributed by atoms with Crippen molar-refractivity contribution in [3.8, 4) is 0 Å². The van der Waals surface area contributed by atoms with Crippen LogP contribution in [-0.4, -0.2) is 18.2 Å². The van der Waals surface area contributed by atoms with Crippen molar-refractivity contribution in [3.63, 3.8) is 0 Å². The van der Waals surface area contributed by atoms with Gasteiger partial charge in [0.05, 0.1) is 0 Å². The molecule has 1 aliphatic carbocycles. The van der Waals surface area contributed by atoms with Crippen LogP contribution >= 0.6 is 12.2 Å². The molecule has 0 bridgehead atoms. The molecule has 0 aliphatic heterocycles. The molecule has 0 aromatic heterocycles. The van der Waals surface area contributed by atoms with E-state index in [1.54, 1.807) is 0 Å². The second-order valence-corrected chi connectivity index (χ2v) is 5.38. The molecule has 88 valence electrons. The Balaban J connectivity index is 1.96. The minimum absolute atomic E-state index is 0.652. The molecule has 1 aliphatic rings. The zero-order valence-electron chi connectivity index (χ0n) is 10.0. The first-order valence-electron chi connectivity index (χ1n) is 6.20. The minimum Gasteiger partial charge on any atom is -0.363 e. The zero-order chi connectivity index (χ0) is 11.1. The van der Waals surface area contributed by atoms with Crippen LogP contribution < -0.4 is 10.6 Å². The highest BCUT2D eigenvalue weighted by atomic mass is 32.1. The first-order valence-corrected chi connectivity index (χ1v) is 6.61. The molecule has 0 heterocycles. The molecule has 3 heteroatoms. The summed E-state index contributed by atoms with van der Waals surface area (Å²) in [6.07, 6.45) is 6.99. The number of hydrogen-bond donors (Lipinski definition) is 2. The molecule has 15 heavy (non-hydrogen) atoms. The Hall–Kier alpha value is -0.310. The smallest absolute Gasteiger partial charge is 0.166 e. The zero-order valence-corrected chi connectivity index (χ0v) is 10.8. The first kappa shape index (κ1) is 12.8. The average molecular weight is 228 g/mol. The third-order valence-electron chi connectivity index (χ3n) is 2.98. The third kappa shape index (κ3) is 5.98. The number of rotatable bonds is 5. The fourth-order valence-electron chi connectivity index (χ4n) is 2.05. The Morgan fingerprint density at radius 2 is 1.93 bits per heavy atom. The van der Waals surface area contributed by atoms with Crippen LogP contribution in [0.4, 0.5) is 0 Å². The fourth-order valence-corrected chi connectivity index (χ4v) is 2.23. The van der Waals surface area contributed by atoms with E-state index in [2.05, 4.69) is 24.5 Å². The highest BCUT2D eigenvalue weighted by Crippen LogP contribution is 2.26. The molecule has 2 nitrogen and oxygen atoms in total. The highest BCUT2D eigenvalue weighted by molar-refractivity contribution is 7.80. The van der Waals surface area contributed by atoms with Gasteiger partial charge in [0.1, 0.15) is 0 Å². The van der Waals surface area contributed by atoms with Gasteiger partial charge in [-0.2, -0.15) is 0 Å².